The fourth-order valence-corrected chi connectivity index (χ4v) is 5.93. The lowest BCUT2D eigenvalue weighted by atomic mass is 9.92. The maximum atomic E-state index is 13.0. The van der Waals surface area contributed by atoms with Gasteiger partial charge in [-0.25, -0.2) is 4.57 Å². The molecule has 182 valence electrons. The van der Waals surface area contributed by atoms with Crippen molar-refractivity contribution in [3.05, 3.63) is 0 Å². The number of alkyl halides is 1. The van der Waals surface area contributed by atoms with Crippen LogP contribution >= 0.6 is 31.2 Å². The van der Waals surface area contributed by atoms with E-state index in [1.165, 1.54) is 0 Å². The standard InChI is InChI=1S/C18H34ClN2O8PS/c1-5-6-10-7-11(21(3)8-10)17(24)20-12(9(2)19)15-13(22)14(23)16(18(28-15)31-4)29-30(25,26)27/h9-16,18,22-23H,5-8H2,1-4H3,(H,20,24)(H2,25,26,27)/t9-,10+,11+,12+,13-,14-,15-,16+,18+/m0/s1. The largest absolute Gasteiger partial charge is 0.470 e. The van der Waals surface area contributed by atoms with Crippen LogP contribution in [0.15, 0.2) is 0 Å². The molecule has 0 aliphatic carbocycles. The summed E-state index contributed by atoms with van der Waals surface area (Å²) in [7, 11) is -3.04. The summed E-state index contributed by atoms with van der Waals surface area (Å²) in [6.45, 7) is 4.57. The lowest BCUT2D eigenvalue weighted by Crippen LogP contribution is -2.65. The van der Waals surface area contributed by atoms with Gasteiger partial charge < -0.3 is 30.1 Å². The van der Waals surface area contributed by atoms with E-state index in [9.17, 15) is 19.6 Å². The van der Waals surface area contributed by atoms with Crippen LogP contribution in [0.25, 0.3) is 0 Å². The molecule has 2 saturated heterocycles. The summed E-state index contributed by atoms with van der Waals surface area (Å²) < 4.78 is 21.7. The van der Waals surface area contributed by atoms with E-state index >= 15 is 0 Å². The summed E-state index contributed by atoms with van der Waals surface area (Å²) >= 11 is 7.38. The Morgan fingerprint density at radius 2 is 2.03 bits per heavy atom. The highest BCUT2D eigenvalue weighted by Crippen LogP contribution is 2.43. The highest BCUT2D eigenvalue weighted by Gasteiger charge is 2.51. The fourth-order valence-electron chi connectivity index (χ4n) is 4.37. The van der Waals surface area contributed by atoms with E-state index in [0.29, 0.717) is 5.92 Å². The van der Waals surface area contributed by atoms with Crippen LogP contribution in [0.5, 0.6) is 0 Å². The molecule has 0 radical (unpaired) electrons. The fraction of sp³-hybridized carbons (Fsp3) is 0.944. The van der Waals surface area contributed by atoms with Gasteiger partial charge in [-0.2, -0.15) is 0 Å². The van der Waals surface area contributed by atoms with Crippen LogP contribution < -0.4 is 5.32 Å². The van der Waals surface area contributed by atoms with Gasteiger partial charge in [0.2, 0.25) is 5.91 Å². The number of ether oxygens (including phenoxy) is 1. The summed E-state index contributed by atoms with van der Waals surface area (Å²) in [4.78, 5) is 33.3. The first-order chi connectivity index (χ1) is 14.4. The first-order valence-corrected chi connectivity index (χ1v) is 13.6. The molecule has 0 aromatic heterocycles. The number of amides is 1. The number of likely N-dealkylation sites (tertiary alicyclic amines) is 1. The number of hydrogen-bond acceptors (Lipinski definition) is 8. The third-order valence-corrected chi connectivity index (χ3v) is 7.50. The molecule has 2 aliphatic heterocycles. The minimum atomic E-state index is -4.93. The molecule has 31 heavy (non-hydrogen) atoms. The molecule has 0 aromatic rings. The van der Waals surface area contributed by atoms with E-state index in [1.54, 1.807) is 13.2 Å². The molecule has 5 N–H and O–H groups in total. The van der Waals surface area contributed by atoms with Gasteiger partial charge in [-0.3, -0.25) is 14.2 Å². The van der Waals surface area contributed by atoms with Crippen molar-refractivity contribution in [3.63, 3.8) is 0 Å². The number of hydrogen-bond donors (Lipinski definition) is 5. The Morgan fingerprint density at radius 1 is 1.39 bits per heavy atom. The van der Waals surface area contributed by atoms with Gasteiger partial charge in [0, 0.05) is 6.54 Å². The van der Waals surface area contributed by atoms with E-state index in [0.717, 1.165) is 37.6 Å². The van der Waals surface area contributed by atoms with Crippen molar-refractivity contribution in [2.75, 3.05) is 19.8 Å². The van der Waals surface area contributed by atoms with E-state index < -0.39 is 49.1 Å². The van der Waals surface area contributed by atoms with Crippen LogP contribution in [-0.4, -0.2) is 98.0 Å². The average Bonchev–Trinajstić information content (AvgIpc) is 3.03. The van der Waals surface area contributed by atoms with Gasteiger partial charge in [0.25, 0.3) is 0 Å². The van der Waals surface area contributed by atoms with Crippen LogP contribution in [0, 0.1) is 5.92 Å². The van der Waals surface area contributed by atoms with Gasteiger partial charge in [-0.15, -0.1) is 23.4 Å². The van der Waals surface area contributed by atoms with Gasteiger partial charge in [-0.1, -0.05) is 13.3 Å². The van der Waals surface area contributed by atoms with Crippen molar-refractivity contribution in [2.24, 2.45) is 5.92 Å². The molecule has 2 fully saturated rings. The molecular formula is C18H34ClN2O8PS. The van der Waals surface area contributed by atoms with Crippen molar-refractivity contribution in [1.29, 1.82) is 0 Å². The topological polar surface area (TPSA) is 149 Å². The Kier molecular flexibility index (Phi) is 10.1. The maximum absolute atomic E-state index is 13.0. The average molecular weight is 505 g/mol. The molecule has 0 unspecified atom stereocenters. The number of aliphatic hydroxyl groups is 2. The molecule has 2 rings (SSSR count). The molecule has 2 aliphatic rings. The third kappa shape index (κ3) is 7.02. The zero-order valence-corrected chi connectivity index (χ0v) is 20.6. The van der Waals surface area contributed by atoms with Crippen LogP contribution in [0.1, 0.15) is 33.1 Å². The second-order valence-electron chi connectivity index (χ2n) is 8.30. The second-order valence-corrected chi connectivity index (χ2v) is 11.1. The second kappa shape index (κ2) is 11.5. The number of nitrogens with one attached hydrogen (secondary N) is 1. The zero-order chi connectivity index (χ0) is 23.5. The summed E-state index contributed by atoms with van der Waals surface area (Å²) in [6, 6.07) is -1.18. The van der Waals surface area contributed by atoms with Gasteiger partial charge >= 0.3 is 7.82 Å². The first kappa shape index (κ1) is 27.3. The molecule has 1 amide bonds. The van der Waals surface area contributed by atoms with Crippen molar-refractivity contribution < 1.29 is 38.6 Å². The molecule has 9 atom stereocenters. The molecule has 0 saturated carbocycles. The van der Waals surface area contributed by atoms with Gasteiger partial charge in [0.05, 0.1) is 17.5 Å². The molecule has 0 aromatic carbocycles. The number of nitrogens with zero attached hydrogens (tertiary/aromatic N) is 1. The number of likely N-dealkylation sites (N-methyl/N-ethyl adjacent to an activating group) is 1. The Labute approximate surface area is 192 Å². The van der Waals surface area contributed by atoms with Crippen molar-refractivity contribution >= 4 is 37.1 Å². The van der Waals surface area contributed by atoms with Crippen molar-refractivity contribution in [2.45, 2.75) is 80.4 Å². The van der Waals surface area contributed by atoms with Crippen molar-refractivity contribution in [3.8, 4) is 0 Å². The number of thioether (sulfide) groups is 1. The number of carbonyl (C=O) groups excluding carboxylic acids is 1. The molecule has 2 heterocycles. The van der Waals surface area contributed by atoms with E-state index in [-0.39, 0.29) is 11.9 Å². The van der Waals surface area contributed by atoms with E-state index in [1.807, 2.05) is 11.9 Å². The smallest absolute Gasteiger partial charge is 0.388 e. The maximum Gasteiger partial charge on any atom is 0.470 e. The molecule has 0 bridgehead atoms. The number of carbonyl (C=O) groups is 1. The molecule has 13 heteroatoms. The quantitative estimate of drug-likeness (QED) is 0.222. The van der Waals surface area contributed by atoms with Gasteiger partial charge in [0.1, 0.15) is 29.9 Å². The molecule has 0 spiro atoms. The highest BCUT2D eigenvalue weighted by molar-refractivity contribution is 7.99. The Morgan fingerprint density at radius 3 is 2.55 bits per heavy atom. The van der Waals surface area contributed by atoms with E-state index in [4.69, 9.17) is 26.1 Å². The summed E-state index contributed by atoms with van der Waals surface area (Å²) in [5.74, 6) is 0.195. The Balaban J connectivity index is 2.15. The number of aliphatic hydroxyl groups excluding tert-OH is 2. The number of rotatable bonds is 9. The SMILES string of the molecule is CCC[C@@H]1C[C@H](C(=O)N[C@@H]([C@@H]2O[C@H](SC)[C@H](OP(=O)(O)O)[C@@H](O)[C@@H]2O)[C@H](C)Cl)N(C)C1. The van der Waals surface area contributed by atoms with Crippen molar-refractivity contribution in [1.82, 2.24) is 10.2 Å². The Bertz CT molecular complexity index is 654. The lowest BCUT2D eigenvalue weighted by Gasteiger charge is -2.45. The number of halogens is 1. The first-order valence-electron chi connectivity index (χ1n) is 10.3. The minimum absolute atomic E-state index is 0.238. The predicted octanol–water partition coefficient (Wildman–Crippen LogP) is 0.506. The number of phosphoric ester groups is 1. The monoisotopic (exact) mass is 504 g/mol. The number of phosphoric acid groups is 1. The Hall–Kier alpha value is 0.0600. The highest BCUT2D eigenvalue weighted by atomic mass is 35.5. The summed E-state index contributed by atoms with van der Waals surface area (Å²) in [5.41, 5.74) is -0.992. The zero-order valence-electron chi connectivity index (χ0n) is 18.1. The van der Waals surface area contributed by atoms with Crippen LogP contribution in [0.4, 0.5) is 0 Å². The molecule has 10 nitrogen and oxygen atoms in total. The summed E-state index contributed by atoms with van der Waals surface area (Å²) in [5, 5.41) is 23.4. The predicted molar refractivity (Wildman–Crippen MR) is 118 cm³/mol. The third-order valence-electron chi connectivity index (χ3n) is 5.87. The molecular weight excluding hydrogens is 471 g/mol. The normalized spacial score (nSPS) is 36.9. The summed E-state index contributed by atoms with van der Waals surface area (Å²) in [6.07, 6.45) is -1.37. The van der Waals surface area contributed by atoms with E-state index in [2.05, 4.69) is 16.8 Å². The van der Waals surface area contributed by atoms with Crippen LogP contribution in [0.2, 0.25) is 0 Å². The van der Waals surface area contributed by atoms with Crippen LogP contribution in [-0.2, 0) is 18.6 Å². The minimum Gasteiger partial charge on any atom is -0.388 e. The van der Waals surface area contributed by atoms with Crippen LogP contribution in [0.3, 0.4) is 0 Å². The van der Waals surface area contributed by atoms with Gasteiger partial charge in [-0.05, 0) is 39.0 Å². The van der Waals surface area contributed by atoms with Gasteiger partial charge in [0.15, 0.2) is 0 Å². The lowest BCUT2D eigenvalue weighted by molar-refractivity contribution is -0.201.